The summed E-state index contributed by atoms with van der Waals surface area (Å²) in [4.78, 5) is 4.14. The molecule has 1 aromatic carbocycles. The van der Waals surface area contributed by atoms with Crippen LogP contribution < -0.4 is 10.1 Å². The highest BCUT2D eigenvalue weighted by atomic mass is 16.5. The summed E-state index contributed by atoms with van der Waals surface area (Å²) in [6.45, 7) is 3.65. The molecule has 21 heavy (non-hydrogen) atoms. The van der Waals surface area contributed by atoms with E-state index in [4.69, 9.17) is 4.74 Å². The largest absolute Gasteiger partial charge is 0.476 e. The summed E-state index contributed by atoms with van der Waals surface area (Å²) < 4.78 is 5.59. The highest BCUT2D eigenvalue weighted by Gasteiger charge is 2.13. The third kappa shape index (κ3) is 3.61. The summed E-state index contributed by atoms with van der Waals surface area (Å²) in [6.07, 6.45) is 5.53. The number of fused-ring (bicyclic) bond motifs is 1. The SMILES string of the molecule is CC(NCCOc1ccccn1)c1ccc2c(c1)CCC2. The van der Waals surface area contributed by atoms with Gasteiger partial charge in [-0.25, -0.2) is 4.98 Å². The Morgan fingerprint density at radius 3 is 2.95 bits per heavy atom. The second kappa shape index (κ2) is 6.72. The number of nitrogens with zero attached hydrogens (tertiary/aromatic N) is 1. The predicted octanol–water partition coefficient (Wildman–Crippen LogP) is 3.30. The van der Waals surface area contributed by atoms with Crippen LogP contribution in [0.4, 0.5) is 0 Å². The molecule has 1 aliphatic carbocycles. The second-order valence-electron chi connectivity index (χ2n) is 5.57. The smallest absolute Gasteiger partial charge is 0.213 e. The Hall–Kier alpha value is -1.87. The van der Waals surface area contributed by atoms with Gasteiger partial charge in [-0.15, -0.1) is 0 Å². The molecule has 1 unspecified atom stereocenters. The summed E-state index contributed by atoms with van der Waals surface area (Å²) >= 11 is 0. The summed E-state index contributed by atoms with van der Waals surface area (Å²) in [5, 5.41) is 3.51. The van der Waals surface area contributed by atoms with Crippen LogP contribution in [0.25, 0.3) is 0 Å². The summed E-state index contributed by atoms with van der Waals surface area (Å²) in [5.41, 5.74) is 4.43. The second-order valence-corrected chi connectivity index (χ2v) is 5.57. The minimum absolute atomic E-state index is 0.350. The van der Waals surface area contributed by atoms with E-state index in [0.717, 1.165) is 6.54 Å². The number of nitrogens with one attached hydrogen (secondary N) is 1. The van der Waals surface area contributed by atoms with E-state index in [2.05, 4.69) is 35.4 Å². The Balaban J connectivity index is 1.47. The van der Waals surface area contributed by atoms with Crippen molar-refractivity contribution in [3.8, 4) is 5.88 Å². The van der Waals surface area contributed by atoms with Crippen LogP contribution in [0.3, 0.4) is 0 Å². The molecule has 3 nitrogen and oxygen atoms in total. The average molecular weight is 282 g/mol. The van der Waals surface area contributed by atoms with Gasteiger partial charge >= 0.3 is 0 Å². The number of aryl methyl sites for hydroxylation is 2. The summed E-state index contributed by atoms with van der Waals surface area (Å²) in [6, 6.07) is 13.0. The average Bonchev–Trinajstić information content (AvgIpc) is 3.00. The quantitative estimate of drug-likeness (QED) is 0.825. The number of benzene rings is 1. The molecule has 1 aromatic heterocycles. The lowest BCUT2D eigenvalue weighted by Crippen LogP contribution is -2.24. The van der Waals surface area contributed by atoms with Gasteiger partial charge in [0.2, 0.25) is 5.88 Å². The molecule has 2 aromatic rings. The van der Waals surface area contributed by atoms with Gasteiger partial charge in [-0.05, 0) is 48.9 Å². The molecule has 1 aliphatic rings. The van der Waals surface area contributed by atoms with E-state index in [1.54, 1.807) is 6.20 Å². The van der Waals surface area contributed by atoms with Crippen LogP contribution in [0.5, 0.6) is 5.88 Å². The zero-order valence-corrected chi connectivity index (χ0v) is 12.5. The Labute approximate surface area is 126 Å². The van der Waals surface area contributed by atoms with E-state index in [1.165, 1.54) is 36.0 Å². The zero-order valence-electron chi connectivity index (χ0n) is 12.5. The van der Waals surface area contributed by atoms with Crippen molar-refractivity contribution in [2.24, 2.45) is 0 Å². The molecule has 0 bridgehead atoms. The van der Waals surface area contributed by atoms with Gasteiger partial charge in [-0.1, -0.05) is 24.3 Å². The van der Waals surface area contributed by atoms with Crippen molar-refractivity contribution in [3.05, 3.63) is 59.3 Å². The van der Waals surface area contributed by atoms with Crippen molar-refractivity contribution in [1.82, 2.24) is 10.3 Å². The van der Waals surface area contributed by atoms with E-state index >= 15 is 0 Å². The molecule has 1 N–H and O–H groups in total. The van der Waals surface area contributed by atoms with E-state index in [9.17, 15) is 0 Å². The molecule has 0 saturated heterocycles. The number of hydrogen-bond donors (Lipinski definition) is 1. The molecule has 3 rings (SSSR count). The first-order valence-corrected chi connectivity index (χ1v) is 7.72. The van der Waals surface area contributed by atoms with Crippen molar-refractivity contribution < 1.29 is 4.74 Å². The lowest BCUT2D eigenvalue weighted by Gasteiger charge is -2.15. The molecule has 1 atom stereocenters. The van der Waals surface area contributed by atoms with Crippen molar-refractivity contribution in [3.63, 3.8) is 0 Å². The maximum absolute atomic E-state index is 5.59. The van der Waals surface area contributed by atoms with Gasteiger partial charge in [0.25, 0.3) is 0 Å². The summed E-state index contributed by atoms with van der Waals surface area (Å²) in [5.74, 6) is 0.685. The molecule has 0 radical (unpaired) electrons. The van der Waals surface area contributed by atoms with Gasteiger partial charge in [-0.2, -0.15) is 0 Å². The number of ether oxygens (including phenoxy) is 1. The fraction of sp³-hybridized carbons (Fsp3) is 0.389. The maximum atomic E-state index is 5.59. The molecular weight excluding hydrogens is 260 g/mol. The lowest BCUT2D eigenvalue weighted by atomic mass is 10.0. The highest BCUT2D eigenvalue weighted by molar-refractivity contribution is 5.36. The van der Waals surface area contributed by atoms with E-state index in [0.29, 0.717) is 18.5 Å². The first-order valence-electron chi connectivity index (χ1n) is 7.72. The van der Waals surface area contributed by atoms with Crippen molar-refractivity contribution in [2.45, 2.75) is 32.2 Å². The molecule has 3 heteroatoms. The Morgan fingerprint density at radius 2 is 2.10 bits per heavy atom. The van der Waals surface area contributed by atoms with Crippen molar-refractivity contribution in [2.75, 3.05) is 13.2 Å². The van der Waals surface area contributed by atoms with Crippen molar-refractivity contribution in [1.29, 1.82) is 0 Å². The molecule has 110 valence electrons. The van der Waals surface area contributed by atoms with Gasteiger partial charge < -0.3 is 10.1 Å². The Morgan fingerprint density at radius 1 is 1.19 bits per heavy atom. The molecule has 0 aliphatic heterocycles. The molecule has 1 heterocycles. The first kappa shape index (κ1) is 14.1. The van der Waals surface area contributed by atoms with Crippen LogP contribution in [0.15, 0.2) is 42.6 Å². The van der Waals surface area contributed by atoms with Gasteiger partial charge in [0.1, 0.15) is 6.61 Å². The van der Waals surface area contributed by atoms with Crippen LogP contribution in [-0.2, 0) is 12.8 Å². The van der Waals surface area contributed by atoms with Crippen LogP contribution in [-0.4, -0.2) is 18.1 Å². The normalized spacial score (nSPS) is 14.7. The fourth-order valence-electron chi connectivity index (χ4n) is 2.84. The summed E-state index contributed by atoms with van der Waals surface area (Å²) in [7, 11) is 0. The van der Waals surface area contributed by atoms with Gasteiger partial charge in [0.05, 0.1) is 0 Å². The van der Waals surface area contributed by atoms with Crippen LogP contribution in [0.1, 0.15) is 36.1 Å². The topological polar surface area (TPSA) is 34.1 Å². The highest BCUT2D eigenvalue weighted by Crippen LogP contribution is 2.25. The molecule has 0 saturated carbocycles. The van der Waals surface area contributed by atoms with Crippen LogP contribution in [0, 0.1) is 0 Å². The van der Waals surface area contributed by atoms with E-state index < -0.39 is 0 Å². The Bertz CT molecular complexity index is 583. The maximum Gasteiger partial charge on any atom is 0.213 e. The fourth-order valence-corrected chi connectivity index (χ4v) is 2.84. The van der Waals surface area contributed by atoms with Crippen LogP contribution in [0.2, 0.25) is 0 Å². The van der Waals surface area contributed by atoms with Gasteiger partial charge in [0.15, 0.2) is 0 Å². The minimum Gasteiger partial charge on any atom is -0.476 e. The molecule has 0 spiro atoms. The first-order chi connectivity index (χ1) is 10.3. The molecular formula is C18H22N2O. The zero-order chi connectivity index (χ0) is 14.5. The van der Waals surface area contributed by atoms with Crippen molar-refractivity contribution >= 4 is 0 Å². The number of rotatable bonds is 6. The number of hydrogen-bond acceptors (Lipinski definition) is 3. The Kier molecular flexibility index (Phi) is 4.51. The lowest BCUT2D eigenvalue weighted by molar-refractivity contribution is 0.296. The number of pyridine rings is 1. The van der Waals surface area contributed by atoms with Gasteiger partial charge in [0, 0.05) is 24.8 Å². The van der Waals surface area contributed by atoms with E-state index in [1.807, 2.05) is 18.2 Å². The molecule has 0 fully saturated rings. The molecule has 0 amide bonds. The van der Waals surface area contributed by atoms with Gasteiger partial charge in [-0.3, -0.25) is 0 Å². The van der Waals surface area contributed by atoms with E-state index in [-0.39, 0.29) is 0 Å². The third-order valence-corrected chi connectivity index (χ3v) is 4.06. The predicted molar refractivity (Wildman–Crippen MR) is 84.6 cm³/mol. The third-order valence-electron chi connectivity index (χ3n) is 4.06. The standard InChI is InChI=1S/C18H22N2O/c1-14(16-9-8-15-5-4-6-17(15)13-16)19-11-12-21-18-7-2-3-10-20-18/h2-3,7-10,13-14,19H,4-6,11-12H2,1H3. The number of aromatic nitrogens is 1. The van der Waals surface area contributed by atoms with Crippen LogP contribution >= 0.6 is 0 Å². The minimum atomic E-state index is 0.350. The monoisotopic (exact) mass is 282 g/mol.